The summed E-state index contributed by atoms with van der Waals surface area (Å²) in [5, 5.41) is 35.7. The fourth-order valence-electron chi connectivity index (χ4n) is 2.40. The molecule has 0 aliphatic carbocycles. The van der Waals surface area contributed by atoms with Crippen LogP contribution >= 0.6 is 0 Å². The van der Waals surface area contributed by atoms with Crippen molar-refractivity contribution in [1.29, 1.82) is 0 Å². The van der Waals surface area contributed by atoms with Gasteiger partial charge in [-0.25, -0.2) is 0 Å². The molecule has 0 radical (unpaired) electrons. The van der Waals surface area contributed by atoms with E-state index in [9.17, 15) is 28.8 Å². The van der Waals surface area contributed by atoms with Crippen LogP contribution in [-0.2, 0) is 33.5 Å². The molecule has 0 aromatic rings. The molecule has 0 amide bonds. The standard InChI is InChI=1S/C16H25N3O11/c1-11(20)30-16(29)10-19(9-15(27)28)5-3-17(6-12(21)22)2-4-18(7-13(23)24)8-14(25)26/h2-10H2,1H3,(H,21,22)(H,23,24)(H,25,26)(H,27,28). The van der Waals surface area contributed by atoms with E-state index in [4.69, 9.17) is 20.4 Å². The average molecular weight is 435 g/mol. The quantitative estimate of drug-likeness (QED) is 0.144. The molecule has 0 unspecified atom stereocenters. The Morgan fingerprint density at radius 1 is 0.567 bits per heavy atom. The summed E-state index contributed by atoms with van der Waals surface area (Å²) in [6, 6.07) is 0. The monoisotopic (exact) mass is 435 g/mol. The van der Waals surface area contributed by atoms with Gasteiger partial charge in [0.1, 0.15) is 0 Å². The highest BCUT2D eigenvalue weighted by atomic mass is 16.6. The van der Waals surface area contributed by atoms with Crippen LogP contribution in [-0.4, -0.2) is 130 Å². The Labute approximate surface area is 171 Å². The maximum Gasteiger partial charge on any atom is 0.327 e. The molecule has 4 N–H and O–H groups in total. The topological polar surface area (TPSA) is 202 Å². The number of carbonyl (C=O) groups excluding carboxylic acids is 2. The van der Waals surface area contributed by atoms with E-state index >= 15 is 0 Å². The highest BCUT2D eigenvalue weighted by molar-refractivity contribution is 5.85. The van der Waals surface area contributed by atoms with Crippen LogP contribution in [0.25, 0.3) is 0 Å². The molecule has 170 valence electrons. The van der Waals surface area contributed by atoms with E-state index in [0.717, 1.165) is 16.7 Å². The molecule has 0 aliphatic heterocycles. The van der Waals surface area contributed by atoms with Gasteiger partial charge < -0.3 is 25.2 Å². The summed E-state index contributed by atoms with van der Waals surface area (Å²) in [7, 11) is 0. The van der Waals surface area contributed by atoms with Crippen LogP contribution in [0.1, 0.15) is 6.92 Å². The summed E-state index contributed by atoms with van der Waals surface area (Å²) in [5.74, 6) is -6.80. The number of carbonyl (C=O) groups is 6. The lowest BCUT2D eigenvalue weighted by Gasteiger charge is -2.27. The van der Waals surface area contributed by atoms with Crippen LogP contribution in [0.4, 0.5) is 0 Å². The summed E-state index contributed by atoms with van der Waals surface area (Å²) in [4.78, 5) is 69.7. The summed E-state index contributed by atoms with van der Waals surface area (Å²) in [6.45, 7) is -1.88. The Balaban J connectivity index is 4.99. The summed E-state index contributed by atoms with van der Waals surface area (Å²) in [5.41, 5.74) is 0. The molecule has 30 heavy (non-hydrogen) atoms. The maximum absolute atomic E-state index is 11.6. The second kappa shape index (κ2) is 14.0. The van der Waals surface area contributed by atoms with E-state index in [2.05, 4.69) is 4.74 Å². The number of esters is 2. The third kappa shape index (κ3) is 14.9. The third-order valence-electron chi connectivity index (χ3n) is 3.51. The zero-order valence-corrected chi connectivity index (χ0v) is 16.4. The van der Waals surface area contributed by atoms with Gasteiger partial charge >= 0.3 is 35.8 Å². The van der Waals surface area contributed by atoms with E-state index in [1.165, 1.54) is 4.90 Å². The molecule has 0 aromatic carbocycles. The number of ether oxygens (including phenoxy) is 1. The first kappa shape index (κ1) is 26.9. The zero-order chi connectivity index (χ0) is 23.3. The molecule has 0 saturated heterocycles. The van der Waals surface area contributed by atoms with E-state index in [0.29, 0.717) is 0 Å². The van der Waals surface area contributed by atoms with Crippen molar-refractivity contribution >= 4 is 35.8 Å². The van der Waals surface area contributed by atoms with Crippen molar-refractivity contribution in [2.45, 2.75) is 6.92 Å². The van der Waals surface area contributed by atoms with Gasteiger partial charge in [0.25, 0.3) is 0 Å². The molecule has 14 heteroatoms. The van der Waals surface area contributed by atoms with Crippen molar-refractivity contribution in [1.82, 2.24) is 14.7 Å². The van der Waals surface area contributed by atoms with Gasteiger partial charge in [0.15, 0.2) is 0 Å². The van der Waals surface area contributed by atoms with Crippen molar-refractivity contribution in [3.63, 3.8) is 0 Å². The Hall–Kier alpha value is -3.10. The smallest absolute Gasteiger partial charge is 0.327 e. The van der Waals surface area contributed by atoms with Crippen molar-refractivity contribution in [2.75, 3.05) is 58.9 Å². The maximum atomic E-state index is 11.6. The Bertz CT molecular complexity index is 636. The van der Waals surface area contributed by atoms with Crippen LogP contribution in [0.5, 0.6) is 0 Å². The molecule has 0 aromatic heterocycles. The van der Waals surface area contributed by atoms with Gasteiger partial charge in [-0.2, -0.15) is 0 Å². The van der Waals surface area contributed by atoms with E-state index in [-0.39, 0.29) is 26.2 Å². The van der Waals surface area contributed by atoms with Gasteiger partial charge in [-0.05, 0) is 0 Å². The van der Waals surface area contributed by atoms with E-state index in [1.807, 2.05) is 0 Å². The number of carboxylic acid groups (broad SMARTS) is 4. The molecule has 14 nitrogen and oxygen atoms in total. The number of hydrogen-bond donors (Lipinski definition) is 4. The molecule has 0 aliphatic rings. The minimum Gasteiger partial charge on any atom is -0.480 e. The normalized spacial score (nSPS) is 10.9. The largest absolute Gasteiger partial charge is 0.480 e. The Morgan fingerprint density at radius 3 is 1.20 bits per heavy atom. The van der Waals surface area contributed by atoms with E-state index < -0.39 is 68.5 Å². The van der Waals surface area contributed by atoms with E-state index in [1.54, 1.807) is 0 Å². The predicted molar refractivity (Wildman–Crippen MR) is 96.6 cm³/mol. The molecule has 0 spiro atoms. The van der Waals surface area contributed by atoms with Gasteiger partial charge in [-0.1, -0.05) is 0 Å². The number of aliphatic carboxylic acids is 4. The molecule has 0 bridgehead atoms. The first-order valence-corrected chi connectivity index (χ1v) is 8.64. The first-order chi connectivity index (χ1) is 13.9. The van der Waals surface area contributed by atoms with Crippen molar-refractivity contribution in [3.8, 4) is 0 Å². The summed E-state index contributed by atoms with van der Waals surface area (Å²) in [6.07, 6.45) is 0. The fraction of sp³-hybridized carbons (Fsp3) is 0.625. The van der Waals surface area contributed by atoms with Gasteiger partial charge in [-0.15, -0.1) is 0 Å². The Morgan fingerprint density at radius 2 is 0.867 bits per heavy atom. The second-order valence-corrected chi connectivity index (χ2v) is 6.24. The SMILES string of the molecule is CC(=O)OC(=O)CN(CCN(CCN(CC(=O)O)CC(=O)O)CC(=O)O)CC(=O)O. The van der Waals surface area contributed by atoms with Gasteiger partial charge in [0.05, 0.1) is 32.7 Å². The molecule has 0 atom stereocenters. The molecule has 0 heterocycles. The lowest BCUT2D eigenvalue weighted by Crippen LogP contribution is -2.45. The average Bonchev–Trinajstić information content (AvgIpc) is 2.54. The fourth-order valence-corrected chi connectivity index (χ4v) is 2.40. The molecule has 0 fully saturated rings. The number of rotatable bonds is 16. The van der Waals surface area contributed by atoms with Gasteiger partial charge in [0, 0.05) is 33.1 Å². The highest BCUT2D eigenvalue weighted by Gasteiger charge is 2.20. The third-order valence-corrected chi connectivity index (χ3v) is 3.51. The minimum absolute atomic E-state index is 0.0222. The number of carboxylic acids is 4. The molecular formula is C16H25N3O11. The van der Waals surface area contributed by atoms with Crippen LogP contribution in [0.15, 0.2) is 0 Å². The molecule has 0 saturated carbocycles. The molecular weight excluding hydrogens is 410 g/mol. The lowest BCUT2D eigenvalue weighted by molar-refractivity contribution is -0.159. The van der Waals surface area contributed by atoms with Crippen molar-refractivity contribution in [2.24, 2.45) is 0 Å². The highest BCUT2D eigenvalue weighted by Crippen LogP contribution is 1.98. The summed E-state index contributed by atoms with van der Waals surface area (Å²) < 4.78 is 4.35. The Kier molecular flexibility index (Phi) is 12.5. The molecule has 0 rings (SSSR count). The zero-order valence-electron chi connectivity index (χ0n) is 16.4. The number of nitrogens with zero attached hydrogens (tertiary/aromatic N) is 3. The lowest BCUT2D eigenvalue weighted by atomic mass is 10.3. The van der Waals surface area contributed by atoms with Crippen LogP contribution in [0.3, 0.4) is 0 Å². The minimum atomic E-state index is -1.26. The van der Waals surface area contributed by atoms with Gasteiger partial charge in [-0.3, -0.25) is 43.5 Å². The van der Waals surface area contributed by atoms with Gasteiger partial charge in [0.2, 0.25) is 0 Å². The van der Waals surface area contributed by atoms with Crippen LogP contribution in [0.2, 0.25) is 0 Å². The first-order valence-electron chi connectivity index (χ1n) is 8.64. The van der Waals surface area contributed by atoms with Crippen molar-refractivity contribution < 1.29 is 53.9 Å². The van der Waals surface area contributed by atoms with Crippen LogP contribution in [0, 0.1) is 0 Å². The van der Waals surface area contributed by atoms with Crippen LogP contribution < -0.4 is 0 Å². The summed E-state index contributed by atoms with van der Waals surface area (Å²) >= 11 is 0. The second-order valence-electron chi connectivity index (χ2n) is 6.24. The number of hydrogen-bond acceptors (Lipinski definition) is 10. The predicted octanol–water partition coefficient (Wildman–Crippen LogP) is -2.68. The van der Waals surface area contributed by atoms with Crippen molar-refractivity contribution in [3.05, 3.63) is 0 Å².